The Hall–Kier alpha value is -2.73. The Kier molecular flexibility index (Phi) is 4.30. The second-order valence-corrected chi connectivity index (χ2v) is 4.51. The van der Waals surface area contributed by atoms with Gasteiger partial charge in [-0.3, -0.25) is 19.9 Å². The van der Waals surface area contributed by atoms with Crippen molar-refractivity contribution in [3.8, 4) is 0 Å². The first-order valence-electron chi connectivity index (χ1n) is 5.86. The summed E-state index contributed by atoms with van der Waals surface area (Å²) in [4.78, 5) is 25.6. The van der Waals surface area contributed by atoms with Crippen LogP contribution in [0, 0.1) is 10.1 Å². The zero-order valence-corrected chi connectivity index (χ0v) is 11.4. The van der Waals surface area contributed by atoms with Crippen LogP contribution in [0.4, 0.5) is 11.4 Å². The first-order valence-corrected chi connectivity index (χ1v) is 6.23. The molecule has 2 N–H and O–H groups in total. The van der Waals surface area contributed by atoms with E-state index in [1.165, 1.54) is 18.3 Å². The van der Waals surface area contributed by atoms with E-state index in [-0.39, 0.29) is 16.3 Å². The minimum absolute atomic E-state index is 0.0506. The van der Waals surface area contributed by atoms with Gasteiger partial charge >= 0.3 is 0 Å². The maximum absolute atomic E-state index is 11.3. The summed E-state index contributed by atoms with van der Waals surface area (Å²) in [6.07, 6.45) is 1.41. The number of para-hydroxylation sites is 1. The highest BCUT2D eigenvalue weighted by atomic mass is 35.5. The van der Waals surface area contributed by atoms with Gasteiger partial charge in [0.1, 0.15) is 5.02 Å². The lowest BCUT2D eigenvalue weighted by molar-refractivity contribution is -0.384. The molecule has 0 aliphatic heterocycles. The second-order valence-electron chi connectivity index (χ2n) is 4.11. The fourth-order valence-electron chi connectivity index (χ4n) is 1.69. The number of primary amides is 1. The molecule has 6 nitrogen and oxygen atoms in total. The van der Waals surface area contributed by atoms with Gasteiger partial charge < -0.3 is 5.73 Å². The van der Waals surface area contributed by atoms with E-state index < -0.39 is 10.8 Å². The van der Waals surface area contributed by atoms with Crippen molar-refractivity contribution >= 4 is 35.1 Å². The van der Waals surface area contributed by atoms with Crippen molar-refractivity contribution in [2.24, 2.45) is 10.7 Å². The van der Waals surface area contributed by atoms with Gasteiger partial charge in [0, 0.05) is 12.3 Å². The molecule has 0 bridgehead atoms. The van der Waals surface area contributed by atoms with Gasteiger partial charge in [0.15, 0.2) is 0 Å². The third kappa shape index (κ3) is 3.43. The summed E-state index contributed by atoms with van der Waals surface area (Å²) >= 11 is 5.73. The van der Waals surface area contributed by atoms with Gasteiger partial charge in [-0.1, -0.05) is 29.8 Å². The molecule has 0 atom stereocenters. The molecule has 0 spiro atoms. The van der Waals surface area contributed by atoms with E-state index in [1.54, 1.807) is 30.3 Å². The first-order chi connectivity index (χ1) is 9.99. The molecule has 0 aliphatic carbocycles. The van der Waals surface area contributed by atoms with Crippen LogP contribution >= 0.6 is 11.6 Å². The van der Waals surface area contributed by atoms with Gasteiger partial charge in [0.25, 0.3) is 11.6 Å². The average Bonchev–Trinajstić information content (AvgIpc) is 2.46. The monoisotopic (exact) mass is 303 g/mol. The van der Waals surface area contributed by atoms with Crippen molar-refractivity contribution in [3.63, 3.8) is 0 Å². The molecular formula is C14H10ClN3O3. The van der Waals surface area contributed by atoms with E-state index in [2.05, 4.69) is 4.99 Å². The van der Waals surface area contributed by atoms with Gasteiger partial charge in [0.05, 0.1) is 16.2 Å². The lowest BCUT2D eigenvalue weighted by Crippen LogP contribution is -2.10. The number of nitrogens with two attached hydrogens (primary N) is 1. The number of halogens is 1. The predicted octanol–water partition coefficient (Wildman–Crippen LogP) is 3.10. The summed E-state index contributed by atoms with van der Waals surface area (Å²) in [6.45, 7) is 0. The summed E-state index contributed by atoms with van der Waals surface area (Å²) in [5, 5.41) is 10.9. The van der Waals surface area contributed by atoms with E-state index in [0.29, 0.717) is 11.3 Å². The fraction of sp³-hybridized carbons (Fsp3) is 0. The molecule has 0 saturated carbocycles. The standard InChI is InChI=1S/C14H10ClN3O3/c15-11-6-5-9(7-13(11)18(20)21)8-17-12-4-2-1-3-10(12)14(16)19/h1-8H,(H2,16,19). The number of nitro groups is 1. The molecule has 21 heavy (non-hydrogen) atoms. The Bertz CT molecular complexity index is 744. The summed E-state index contributed by atoms with van der Waals surface area (Å²) < 4.78 is 0. The molecule has 0 aliphatic rings. The molecule has 2 rings (SSSR count). The molecule has 0 saturated heterocycles. The Labute approximate surface area is 125 Å². The van der Waals surface area contributed by atoms with E-state index in [9.17, 15) is 14.9 Å². The topological polar surface area (TPSA) is 98.6 Å². The number of carbonyl (C=O) groups is 1. The van der Waals surface area contributed by atoms with Crippen LogP contribution in [-0.2, 0) is 0 Å². The molecule has 106 valence electrons. The van der Waals surface area contributed by atoms with Crippen molar-refractivity contribution in [1.82, 2.24) is 0 Å². The van der Waals surface area contributed by atoms with Crippen LogP contribution in [0.15, 0.2) is 47.5 Å². The predicted molar refractivity (Wildman–Crippen MR) is 80.3 cm³/mol. The smallest absolute Gasteiger partial charge is 0.288 e. The van der Waals surface area contributed by atoms with Crippen molar-refractivity contribution in [1.29, 1.82) is 0 Å². The van der Waals surface area contributed by atoms with Crippen LogP contribution in [0.3, 0.4) is 0 Å². The van der Waals surface area contributed by atoms with Crippen LogP contribution in [0.5, 0.6) is 0 Å². The zero-order valence-electron chi connectivity index (χ0n) is 10.7. The van der Waals surface area contributed by atoms with Crippen molar-refractivity contribution in [2.45, 2.75) is 0 Å². The third-order valence-electron chi connectivity index (χ3n) is 2.69. The Morgan fingerprint density at radius 2 is 2.00 bits per heavy atom. The SMILES string of the molecule is NC(=O)c1ccccc1N=Cc1ccc(Cl)c([N+](=O)[O-])c1. The fourth-order valence-corrected chi connectivity index (χ4v) is 1.88. The number of aliphatic imine (C=N–C) groups is 1. The Balaban J connectivity index is 2.36. The maximum atomic E-state index is 11.3. The summed E-state index contributed by atoms with van der Waals surface area (Å²) in [6, 6.07) is 10.9. The molecule has 2 aromatic rings. The normalized spacial score (nSPS) is 10.7. The molecule has 0 radical (unpaired) electrons. The number of hydrogen-bond acceptors (Lipinski definition) is 4. The van der Waals surface area contributed by atoms with E-state index in [4.69, 9.17) is 17.3 Å². The van der Waals surface area contributed by atoms with Gasteiger partial charge in [-0.05, 0) is 23.8 Å². The number of hydrogen-bond donors (Lipinski definition) is 1. The van der Waals surface area contributed by atoms with Crippen LogP contribution in [0.25, 0.3) is 0 Å². The quantitative estimate of drug-likeness (QED) is 0.533. The number of nitro benzene ring substituents is 1. The minimum atomic E-state index is -0.593. The van der Waals surface area contributed by atoms with Gasteiger partial charge in [-0.2, -0.15) is 0 Å². The molecular weight excluding hydrogens is 294 g/mol. The lowest BCUT2D eigenvalue weighted by atomic mass is 10.1. The largest absolute Gasteiger partial charge is 0.366 e. The second kappa shape index (κ2) is 6.15. The number of rotatable bonds is 4. The van der Waals surface area contributed by atoms with E-state index >= 15 is 0 Å². The number of nitrogens with zero attached hydrogens (tertiary/aromatic N) is 2. The van der Waals surface area contributed by atoms with E-state index in [0.717, 1.165) is 0 Å². The summed E-state index contributed by atoms with van der Waals surface area (Å²) in [5.41, 5.74) is 6.20. The van der Waals surface area contributed by atoms with E-state index in [1.807, 2.05) is 0 Å². The highest BCUT2D eigenvalue weighted by Gasteiger charge is 2.12. The van der Waals surface area contributed by atoms with Crippen molar-refractivity contribution in [2.75, 3.05) is 0 Å². The van der Waals surface area contributed by atoms with Gasteiger partial charge in [0.2, 0.25) is 0 Å². The Morgan fingerprint density at radius 1 is 1.29 bits per heavy atom. The number of amides is 1. The summed E-state index contributed by atoms with van der Waals surface area (Å²) in [7, 11) is 0. The molecule has 0 fully saturated rings. The Morgan fingerprint density at radius 3 is 2.67 bits per heavy atom. The maximum Gasteiger partial charge on any atom is 0.288 e. The summed E-state index contributed by atoms with van der Waals surface area (Å²) in [5.74, 6) is -0.593. The highest BCUT2D eigenvalue weighted by molar-refractivity contribution is 6.32. The lowest BCUT2D eigenvalue weighted by Gasteiger charge is -2.01. The molecule has 1 amide bonds. The van der Waals surface area contributed by atoms with Crippen LogP contribution in [0.2, 0.25) is 5.02 Å². The molecule has 0 aromatic heterocycles. The van der Waals surface area contributed by atoms with Crippen molar-refractivity contribution < 1.29 is 9.72 Å². The molecule has 7 heteroatoms. The van der Waals surface area contributed by atoms with Crippen LogP contribution in [0.1, 0.15) is 15.9 Å². The molecule has 0 heterocycles. The van der Waals surface area contributed by atoms with Crippen LogP contribution in [-0.4, -0.2) is 17.0 Å². The highest BCUT2D eigenvalue weighted by Crippen LogP contribution is 2.25. The van der Waals surface area contributed by atoms with Gasteiger partial charge in [-0.15, -0.1) is 0 Å². The minimum Gasteiger partial charge on any atom is -0.366 e. The molecule has 2 aromatic carbocycles. The number of carbonyl (C=O) groups excluding carboxylic acids is 1. The van der Waals surface area contributed by atoms with Crippen LogP contribution < -0.4 is 5.73 Å². The third-order valence-corrected chi connectivity index (χ3v) is 3.01. The van der Waals surface area contributed by atoms with Gasteiger partial charge in [-0.25, -0.2) is 0 Å². The zero-order chi connectivity index (χ0) is 15.4. The average molecular weight is 304 g/mol. The van der Waals surface area contributed by atoms with Crippen molar-refractivity contribution in [3.05, 3.63) is 68.7 Å². The molecule has 0 unspecified atom stereocenters. The first kappa shape index (κ1) is 14.7. The number of benzene rings is 2.